The molecule has 3 nitrogen and oxygen atoms in total. The molecule has 4 heterocycles. The number of benzene rings is 8. The Hall–Kier alpha value is -6.84. The van der Waals surface area contributed by atoms with Crippen molar-refractivity contribution in [2.24, 2.45) is 0 Å². The predicted molar refractivity (Wildman–Crippen MR) is 215 cm³/mol. The average molecular weight is 648 g/mol. The number of para-hydroxylation sites is 5. The van der Waals surface area contributed by atoms with Crippen LogP contribution in [0.2, 0.25) is 0 Å². The van der Waals surface area contributed by atoms with Gasteiger partial charge in [-0.15, -0.1) is 0 Å². The van der Waals surface area contributed by atoms with Crippen molar-refractivity contribution in [2.45, 2.75) is 0 Å². The van der Waals surface area contributed by atoms with Crippen molar-refractivity contribution in [3.8, 4) is 22.5 Å². The second-order valence-electron chi connectivity index (χ2n) is 13.8. The number of hydrogen-bond donors (Lipinski definition) is 0. The zero-order chi connectivity index (χ0) is 33.2. The van der Waals surface area contributed by atoms with E-state index in [1.165, 1.54) is 98.5 Å². The molecule has 0 N–H and O–H groups in total. The Balaban J connectivity index is 1.13. The number of aromatic nitrogens is 3. The molecule has 0 bridgehead atoms. The summed E-state index contributed by atoms with van der Waals surface area (Å²) in [7, 11) is 0. The number of nitrogens with zero attached hydrogens (tertiary/aromatic N) is 3. The van der Waals surface area contributed by atoms with Gasteiger partial charge in [-0.1, -0.05) is 103 Å². The lowest BCUT2D eigenvalue weighted by molar-refractivity contribution is 1.17. The normalized spacial score (nSPS) is 12.3. The van der Waals surface area contributed by atoms with Crippen LogP contribution >= 0.6 is 0 Å². The third kappa shape index (κ3) is 3.57. The molecule has 0 aliphatic carbocycles. The molecule has 0 amide bonds. The fourth-order valence-electron chi connectivity index (χ4n) is 9.00. The van der Waals surface area contributed by atoms with E-state index in [9.17, 15) is 0 Å². The first-order valence-electron chi connectivity index (χ1n) is 17.6. The van der Waals surface area contributed by atoms with E-state index in [0.717, 1.165) is 5.69 Å². The van der Waals surface area contributed by atoms with Gasteiger partial charge in [-0.05, 0) is 83.9 Å². The lowest BCUT2D eigenvalue weighted by Crippen LogP contribution is -1.95. The van der Waals surface area contributed by atoms with Gasteiger partial charge in [0.05, 0.1) is 38.6 Å². The standard InChI is InChI=1S/C48H29N3/c1-2-12-32(13-3-1)49-43-19-9-5-15-35(43)39-29-33(23-25-46(39)49)50-42-18-8-4-14-34(42)38-24-22-30(28-47(38)50)31-26-40-36-16-6-10-20-44(36)51-45-21-11-7-17-37(45)41(27-31)48(40)51/h1-29H. The van der Waals surface area contributed by atoms with Crippen LogP contribution in [0.15, 0.2) is 176 Å². The monoisotopic (exact) mass is 647 g/mol. The van der Waals surface area contributed by atoms with Gasteiger partial charge in [0.25, 0.3) is 0 Å². The molecule has 0 radical (unpaired) electrons. The molecule has 8 aromatic carbocycles. The smallest absolute Gasteiger partial charge is 0.0620 e. The zero-order valence-electron chi connectivity index (χ0n) is 27.6. The lowest BCUT2D eigenvalue weighted by Gasteiger charge is -2.11. The van der Waals surface area contributed by atoms with Crippen molar-refractivity contribution in [3.05, 3.63) is 176 Å². The third-order valence-electron chi connectivity index (χ3n) is 11.1. The van der Waals surface area contributed by atoms with E-state index in [2.05, 4.69) is 189 Å². The minimum Gasteiger partial charge on any atom is -0.309 e. The fraction of sp³-hybridized carbons (Fsp3) is 0. The second kappa shape index (κ2) is 9.87. The van der Waals surface area contributed by atoms with Crippen molar-refractivity contribution < 1.29 is 0 Å². The molecule has 0 unspecified atom stereocenters. The topological polar surface area (TPSA) is 14.3 Å². The summed E-state index contributed by atoms with van der Waals surface area (Å²) in [6.45, 7) is 0. The van der Waals surface area contributed by atoms with Crippen molar-refractivity contribution >= 4 is 81.7 Å². The molecule has 0 atom stereocenters. The molecule has 4 aromatic heterocycles. The van der Waals surface area contributed by atoms with Crippen LogP contribution in [0.3, 0.4) is 0 Å². The van der Waals surface area contributed by atoms with Crippen LogP contribution in [0.5, 0.6) is 0 Å². The molecule has 236 valence electrons. The van der Waals surface area contributed by atoms with Gasteiger partial charge in [-0.3, -0.25) is 0 Å². The highest BCUT2D eigenvalue weighted by molar-refractivity contribution is 6.24. The average Bonchev–Trinajstić information content (AvgIpc) is 3.92. The Bertz CT molecular complexity index is 3270. The zero-order valence-corrected chi connectivity index (χ0v) is 27.6. The first-order chi connectivity index (χ1) is 25.3. The van der Waals surface area contributed by atoms with E-state index in [1.54, 1.807) is 0 Å². The summed E-state index contributed by atoms with van der Waals surface area (Å²) in [6, 6.07) is 64.7. The van der Waals surface area contributed by atoms with Gasteiger partial charge >= 0.3 is 0 Å². The van der Waals surface area contributed by atoms with Crippen LogP contribution in [0.25, 0.3) is 104 Å². The summed E-state index contributed by atoms with van der Waals surface area (Å²) in [5.74, 6) is 0. The van der Waals surface area contributed by atoms with Gasteiger partial charge in [0, 0.05) is 54.5 Å². The lowest BCUT2D eigenvalue weighted by atomic mass is 9.98. The van der Waals surface area contributed by atoms with Crippen molar-refractivity contribution in [1.29, 1.82) is 0 Å². The molecule has 51 heavy (non-hydrogen) atoms. The van der Waals surface area contributed by atoms with Crippen molar-refractivity contribution in [1.82, 2.24) is 13.5 Å². The minimum atomic E-state index is 1.16. The van der Waals surface area contributed by atoms with Gasteiger partial charge < -0.3 is 13.5 Å². The molecule has 12 aromatic rings. The summed E-state index contributed by atoms with van der Waals surface area (Å²) in [6.07, 6.45) is 0. The molecular weight excluding hydrogens is 619 g/mol. The van der Waals surface area contributed by atoms with Crippen LogP contribution in [0.1, 0.15) is 0 Å². The summed E-state index contributed by atoms with van der Waals surface area (Å²) in [5, 5.41) is 10.2. The van der Waals surface area contributed by atoms with E-state index in [1.807, 2.05) is 0 Å². The predicted octanol–water partition coefficient (Wildman–Crippen LogP) is 12.7. The third-order valence-corrected chi connectivity index (χ3v) is 11.1. The highest BCUT2D eigenvalue weighted by Crippen LogP contribution is 2.43. The Labute approximate surface area is 292 Å². The summed E-state index contributed by atoms with van der Waals surface area (Å²) >= 11 is 0. The van der Waals surface area contributed by atoms with Gasteiger partial charge in [0.1, 0.15) is 0 Å². The Morgan fingerprint density at radius 1 is 0.255 bits per heavy atom. The largest absolute Gasteiger partial charge is 0.309 e. The molecule has 0 aliphatic rings. The maximum atomic E-state index is 2.46. The Morgan fingerprint density at radius 3 is 1.39 bits per heavy atom. The number of rotatable bonds is 3. The molecule has 12 rings (SSSR count). The SMILES string of the molecule is c1ccc(-n2c3ccccc3c3cc(-n4c5ccccc5c5ccc(-c6cc7c8ccccc8n8c9ccccc9c(c6)c78)cc54)ccc32)cc1. The van der Waals surface area contributed by atoms with Gasteiger partial charge in [-0.25, -0.2) is 0 Å². The first-order valence-corrected chi connectivity index (χ1v) is 17.6. The maximum absolute atomic E-state index is 2.46. The van der Waals surface area contributed by atoms with Crippen LogP contribution in [-0.4, -0.2) is 13.5 Å². The van der Waals surface area contributed by atoms with E-state index < -0.39 is 0 Å². The van der Waals surface area contributed by atoms with Crippen LogP contribution in [0, 0.1) is 0 Å². The highest BCUT2D eigenvalue weighted by atomic mass is 15.0. The number of hydrogen-bond acceptors (Lipinski definition) is 0. The van der Waals surface area contributed by atoms with Crippen LogP contribution in [-0.2, 0) is 0 Å². The molecule has 0 aliphatic heterocycles. The van der Waals surface area contributed by atoms with Gasteiger partial charge in [0.2, 0.25) is 0 Å². The van der Waals surface area contributed by atoms with E-state index in [-0.39, 0.29) is 0 Å². The van der Waals surface area contributed by atoms with Crippen LogP contribution < -0.4 is 0 Å². The van der Waals surface area contributed by atoms with E-state index >= 15 is 0 Å². The molecule has 0 spiro atoms. The molecule has 3 heteroatoms. The van der Waals surface area contributed by atoms with Crippen LogP contribution in [0.4, 0.5) is 0 Å². The quantitative estimate of drug-likeness (QED) is 0.181. The Morgan fingerprint density at radius 2 is 0.745 bits per heavy atom. The maximum Gasteiger partial charge on any atom is 0.0620 e. The molecule has 0 fully saturated rings. The van der Waals surface area contributed by atoms with Gasteiger partial charge in [0.15, 0.2) is 0 Å². The first kappa shape index (κ1) is 27.0. The fourth-order valence-corrected chi connectivity index (χ4v) is 9.00. The molecule has 0 saturated carbocycles. The van der Waals surface area contributed by atoms with Crippen molar-refractivity contribution in [3.63, 3.8) is 0 Å². The minimum absolute atomic E-state index is 1.16. The summed E-state index contributed by atoms with van der Waals surface area (Å²) in [4.78, 5) is 0. The van der Waals surface area contributed by atoms with Crippen molar-refractivity contribution in [2.75, 3.05) is 0 Å². The Kier molecular flexibility index (Phi) is 5.23. The molecular formula is C48H29N3. The highest BCUT2D eigenvalue weighted by Gasteiger charge is 2.20. The summed E-state index contributed by atoms with van der Waals surface area (Å²) in [5.41, 5.74) is 13.4. The molecule has 0 saturated heterocycles. The summed E-state index contributed by atoms with van der Waals surface area (Å²) < 4.78 is 7.29. The van der Waals surface area contributed by atoms with E-state index in [4.69, 9.17) is 0 Å². The second-order valence-corrected chi connectivity index (χ2v) is 13.8. The number of fused-ring (bicyclic) bond motifs is 12. The van der Waals surface area contributed by atoms with Gasteiger partial charge in [-0.2, -0.15) is 0 Å². The van der Waals surface area contributed by atoms with E-state index in [0.29, 0.717) is 0 Å².